The molecular formula is C24H34ClF2N3. The number of unbranched alkanes of at least 4 members (excludes halogenated alkanes) is 2. The number of rotatable bonds is 16. The van der Waals surface area contributed by atoms with E-state index in [0.717, 1.165) is 57.2 Å². The number of aryl methyl sites for hydroxylation is 1. The number of hydrogen-bond acceptors (Lipinski definition) is 3. The molecule has 30 heavy (non-hydrogen) atoms. The highest BCUT2D eigenvalue weighted by Crippen LogP contribution is 2.20. The molecule has 0 saturated heterocycles. The molecular weight excluding hydrogens is 404 g/mol. The van der Waals surface area contributed by atoms with Gasteiger partial charge in [0.15, 0.2) is 0 Å². The third-order valence-electron chi connectivity index (χ3n) is 5.03. The minimum atomic E-state index is -0.476. The van der Waals surface area contributed by atoms with E-state index in [0.29, 0.717) is 17.4 Å². The summed E-state index contributed by atoms with van der Waals surface area (Å²) >= 11 is 5.91. The molecule has 0 bridgehead atoms. The first kappa shape index (κ1) is 26.2. The molecule has 1 aromatic carbocycles. The topological polar surface area (TPSA) is 36.8 Å². The van der Waals surface area contributed by atoms with Crippen LogP contribution >= 0.6 is 11.6 Å². The van der Waals surface area contributed by atoms with Gasteiger partial charge < -0.3 is 5.32 Å². The van der Waals surface area contributed by atoms with Crippen molar-refractivity contribution in [1.29, 1.82) is 0 Å². The standard InChI is InChI=1S/C24H34ClF2N3/c1-4-8-22-23(26)15-20(16-24(22)27)10-7-5-6-9-19(11-13-28-2)12-14-30-18-21(25)17-29-3/h4,15-19,28H,1,3,5-14H2,2H3/b21-17+,30-18-. The SMILES string of the molecule is C=CCc1c(F)cc(CCCCCC(CC/N=C\C(Cl)=C/N=C)CCNC)cc1F. The zero-order valence-electron chi connectivity index (χ0n) is 18.0. The summed E-state index contributed by atoms with van der Waals surface area (Å²) in [4.78, 5) is 7.95. The van der Waals surface area contributed by atoms with Crippen molar-refractivity contribution in [3.05, 3.63) is 58.8 Å². The van der Waals surface area contributed by atoms with Gasteiger partial charge in [0.2, 0.25) is 0 Å². The molecule has 3 nitrogen and oxygen atoms in total. The summed E-state index contributed by atoms with van der Waals surface area (Å²) in [6, 6.07) is 2.91. The van der Waals surface area contributed by atoms with E-state index in [4.69, 9.17) is 11.6 Å². The van der Waals surface area contributed by atoms with Crippen LogP contribution in [0.15, 0.2) is 46.0 Å². The number of benzene rings is 1. The Morgan fingerprint density at radius 1 is 1.17 bits per heavy atom. The van der Waals surface area contributed by atoms with Crippen LogP contribution in [0, 0.1) is 17.6 Å². The lowest BCUT2D eigenvalue weighted by atomic mass is 9.93. The Labute approximate surface area is 185 Å². The van der Waals surface area contributed by atoms with Gasteiger partial charge in [0, 0.05) is 24.5 Å². The molecule has 1 rings (SSSR count). The molecule has 0 spiro atoms. The summed E-state index contributed by atoms with van der Waals surface area (Å²) in [7, 11) is 1.96. The molecule has 0 aliphatic heterocycles. The van der Waals surface area contributed by atoms with Crippen molar-refractivity contribution in [3.63, 3.8) is 0 Å². The predicted molar refractivity (Wildman–Crippen MR) is 126 cm³/mol. The third-order valence-corrected chi connectivity index (χ3v) is 5.22. The van der Waals surface area contributed by atoms with Gasteiger partial charge in [0.05, 0.1) is 5.03 Å². The largest absolute Gasteiger partial charge is 0.320 e. The van der Waals surface area contributed by atoms with Crippen molar-refractivity contribution in [1.82, 2.24) is 5.32 Å². The molecule has 1 atom stereocenters. The lowest BCUT2D eigenvalue weighted by Gasteiger charge is -2.15. The Kier molecular flexibility index (Phi) is 13.9. The Balaban J connectivity index is 2.39. The van der Waals surface area contributed by atoms with Crippen molar-refractivity contribution >= 4 is 24.5 Å². The van der Waals surface area contributed by atoms with E-state index in [-0.39, 0.29) is 12.0 Å². The Morgan fingerprint density at radius 3 is 2.53 bits per heavy atom. The summed E-state index contributed by atoms with van der Waals surface area (Å²) in [5.41, 5.74) is 0.819. The van der Waals surface area contributed by atoms with E-state index >= 15 is 0 Å². The number of nitrogens with one attached hydrogen (secondary N) is 1. The first-order valence-corrected chi connectivity index (χ1v) is 10.9. The normalized spacial score (nSPS) is 13.0. The smallest absolute Gasteiger partial charge is 0.129 e. The highest BCUT2D eigenvalue weighted by atomic mass is 35.5. The molecule has 6 heteroatoms. The summed E-state index contributed by atoms with van der Waals surface area (Å²) in [6.45, 7) is 8.61. The number of hydrogen-bond donors (Lipinski definition) is 1. The van der Waals surface area contributed by atoms with Crippen LogP contribution in [0.25, 0.3) is 0 Å². The molecule has 0 aliphatic rings. The fourth-order valence-electron chi connectivity index (χ4n) is 3.39. The van der Waals surface area contributed by atoms with Gasteiger partial charge in [-0.25, -0.2) is 8.78 Å². The van der Waals surface area contributed by atoms with Gasteiger partial charge in [-0.3, -0.25) is 9.98 Å². The Hall–Kier alpha value is -1.85. The first-order valence-electron chi connectivity index (χ1n) is 10.5. The van der Waals surface area contributed by atoms with Gasteiger partial charge >= 0.3 is 0 Å². The van der Waals surface area contributed by atoms with Crippen molar-refractivity contribution in [2.45, 2.75) is 51.4 Å². The van der Waals surface area contributed by atoms with Crippen molar-refractivity contribution in [2.24, 2.45) is 15.9 Å². The molecule has 1 unspecified atom stereocenters. The number of halogens is 3. The molecule has 1 N–H and O–H groups in total. The molecule has 0 fully saturated rings. The van der Waals surface area contributed by atoms with Crippen LogP contribution in [0.1, 0.15) is 49.7 Å². The average Bonchev–Trinajstić information content (AvgIpc) is 2.71. The average molecular weight is 438 g/mol. The third kappa shape index (κ3) is 10.8. The van der Waals surface area contributed by atoms with Crippen LogP contribution in [-0.4, -0.2) is 33.1 Å². The van der Waals surface area contributed by atoms with Gasteiger partial charge in [0.25, 0.3) is 0 Å². The van der Waals surface area contributed by atoms with Gasteiger partial charge in [-0.1, -0.05) is 36.9 Å². The lowest BCUT2D eigenvalue weighted by Crippen LogP contribution is -2.14. The molecule has 0 radical (unpaired) electrons. The maximum atomic E-state index is 14.0. The zero-order chi connectivity index (χ0) is 22.2. The molecule has 166 valence electrons. The van der Waals surface area contributed by atoms with E-state index in [1.54, 1.807) is 6.21 Å². The van der Waals surface area contributed by atoms with Crippen LogP contribution in [-0.2, 0) is 12.8 Å². The molecule has 0 amide bonds. The minimum absolute atomic E-state index is 0.0984. The summed E-state index contributed by atoms with van der Waals surface area (Å²) < 4.78 is 28.0. The second-order valence-electron chi connectivity index (χ2n) is 7.41. The van der Waals surface area contributed by atoms with Crippen molar-refractivity contribution in [3.8, 4) is 0 Å². The second-order valence-corrected chi connectivity index (χ2v) is 7.85. The van der Waals surface area contributed by atoms with Crippen LogP contribution < -0.4 is 5.32 Å². The van der Waals surface area contributed by atoms with Crippen LogP contribution in [0.4, 0.5) is 8.78 Å². The van der Waals surface area contributed by atoms with E-state index in [9.17, 15) is 8.78 Å². The molecule has 0 saturated carbocycles. The van der Waals surface area contributed by atoms with E-state index in [2.05, 4.69) is 28.6 Å². The van der Waals surface area contributed by atoms with Crippen LogP contribution in [0.2, 0.25) is 0 Å². The fraction of sp³-hybridized carbons (Fsp3) is 0.500. The van der Waals surface area contributed by atoms with Crippen LogP contribution in [0.3, 0.4) is 0 Å². The number of allylic oxidation sites excluding steroid dienone is 2. The van der Waals surface area contributed by atoms with E-state index in [1.165, 1.54) is 24.4 Å². The van der Waals surface area contributed by atoms with Crippen molar-refractivity contribution in [2.75, 3.05) is 20.1 Å². The lowest BCUT2D eigenvalue weighted by molar-refractivity contribution is 0.401. The van der Waals surface area contributed by atoms with E-state index in [1.807, 2.05) is 7.05 Å². The molecule has 0 heterocycles. The fourth-order valence-corrected chi connectivity index (χ4v) is 3.53. The number of nitrogens with zero attached hydrogens (tertiary/aromatic N) is 2. The molecule has 0 aliphatic carbocycles. The molecule has 1 aromatic rings. The van der Waals surface area contributed by atoms with Crippen LogP contribution in [0.5, 0.6) is 0 Å². The highest BCUT2D eigenvalue weighted by Gasteiger charge is 2.11. The zero-order valence-corrected chi connectivity index (χ0v) is 18.7. The number of aliphatic imine (C=N–C) groups is 2. The second kappa shape index (κ2) is 15.9. The Bertz CT molecular complexity index is 693. The summed E-state index contributed by atoms with van der Waals surface area (Å²) in [6.07, 6.45) is 11.8. The maximum Gasteiger partial charge on any atom is 0.129 e. The summed E-state index contributed by atoms with van der Waals surface area (Å²) in [5, 5.41) is 3.68. The quantitative estimate of drug-likeness (QED) is 0.185. The molecule has 0 aromatic heterocycles. The van der Waals surface area contributed by atoms with Gasteiger partial charge in [-0.2, -0.15) is 0 Å². The van der Waals surface area contributed by atoms with E-state index < -0.39 is 11.6 Å². The highest BCUT2D eigenvalue weighted by molar-refractivity contribution is 6.39. The van der Waals surface area contributed by atoms with Gasteiger partial charge in [0.1, 0.15) is 11.6 Å². The minimum Gasteiger partial charge on any atom is -0.320 e. The predicted octanol–water partition coefficient (Wildman–Crippen LogP) is 6.26. The summed E-state index contributed by atoms with van der Waals surface area (Å²) in [5.74, 6) is -0.365. The Morgan fingerprint density at radius 2 is 1.90 bits per heavy atom. The first-order chi connectivity index (χ1) is 14.5. The maximum absolute atomic E-state index is 14.0. The van der Waals surface area contributed by atoms with Gasteiger partial charge in [-0.15, -0.1) is 6.58 Å². The monoisotopic (exact) mass is 437 g/mol. The van der Waals surface area contributed by atoms with Gasteiger partial charge in [-0.05, 0) is 76.0 Å². The van der Waals surface area contributed by atoms with Crippen molar-refractivity contribution < 1.29 is 8.78 Å².